The van der Waals surface area contributed by atoms with Crippen molar-refractivity contribution in [3.8, 4) is 10.6 Å². The lowest BCUT2D eigenvalue weighted by Gasteiger charge is -2.36. The Bertz CT molecular complexity index is 1270. The number of alkyl halides is 3. The molecule has 0 radical (unpaired) electrons. The normalized spacial score (nSPS) is 16.3. The molecule has 0 bridgehead atoms. The molecule has 1 aliphatic heterocycles. The van der Waals surface area contributed by atoms with E-state index in [0.29, 0.717) is 22.7 Å². The maximum Gasteiger partial charge on any atom is 0.414 e. The number of amides is 1. The summed E-state index contributed by atoms with van der Waals surface area (Å²) in [6, 6.07) is 10.7. The lowest BCUT2D eigenvalue weighted by Crippen LogP contribution is -2.47. The Labute approximate surface area is 189 Å². The number of aromatic amines is 1. The highest BCUT2D eigenvalue weighted by atomic mass is 32.2. The van der Waals surface area contributed by atoms with Crippen LogP contribution in [-0.4, -0.2) is 44.2 Å². The van der Waals surface area contributed by atoms with Crippen molar-refractivity contribution in [1.29, 1.82) is 0 Å². The molecule has 0 aliphatic carbocycles. The first kappa shape index (κ1) is 21.0. The Morgan fingerprint density at radius 2 is 2.06 bits per heavy atom. The Kier molecular flexibility index (Phi) is 5.42. The minimum absolute atomic E-state index is 0.00844. The molecule has 1 N–H and O–H groups in total. The number of halogens is 3. The van der Waals surface area contributed by atoms with Crippen molar-refractivity contribution in [1.82, 2.24) is 19.9 Å². The van der Waals surface area contributed by atoms with Crippen molar-refractivity contribution < 1.29 is 18.0 Å². The second-order valence-corrected chi connectivity index (χ2v) is 9.22. The van der Waals surface area contributed by atoms with Gasteiger partial charge in [-0.25, -0.2) is 9.97 Å². The van der Waals surface area contributed by atoms with Crippen LogP contribution in [0.25, 0.3) is 21.5 Å². The molecule has 1 aliphatic rings. The molecule has 0 unspecified atom stereocenters. The summed E-state index contributed by atoms with van der Waals surface area (Å²) in [6.07, 6.45) is -2.64. The van der Waals surface area contributed by atoms with E-state index in [9.17, 15) is 18.0 Å². The average Bonchev–Trinajstić information content (AvgIpc) is 3.44. The maximum absolute atomic E-state index is 14.1. The van der Waals surface area contributed by atoms with Gasteiger partial charge in [-0.05, 0) is 35.6 Å². The zero-order valence-electron chi connectivity index (χ0n) is 16.6. The molecule has 32 heavy (non-hydrogen) atoms. The van der Waals surface area contributed by atoms with E-state index in [1.54, 1.807) is 30.5 Å². The number of carbonyl (C=O) groups is 1. The summed E-state index contributed by atoms with van der Waals surface area (Å²) in [7, 11) is 0. The number of hydrogen-bond donors (Lipinski definition) is 1. The molecule has 5 rings (SSSR count). The number of H-pyrrole nitrogens is 1. The number of thiophene rings is 1. The Balaban J connectivity index is 1.38. The quantitative estimate of drug-likeness (QED) is 0.315. The van der Waals surface area contributed by atoms with Crippen molar-refractivity contribution in [2.75, 3.05) is 12.3 Å². The van der Waals surface area contributed by atoms with E-state index in [0.717, 1.165) is 32.6 Å². The first-order valence-electron chi connectivity index (χ1n) is 9.87. The van der Waals surface area contributed by atoms with Gasteiger partial charge < -0.3 is 9.88 Å². The number of carbonyl (C=O) groups excluding carboxylic acids is 1. The molecule has 1 aromatic carbocycles. The van der Waals surface area contributed by atoms with Gasteiger partial charge in [0.1, 0.15) is 0 Å². The number of fused-ring (bicyclic) bond motifs is 3. The van der Waals surface area contributed by atoms with Gasteiger partial charge in [0.15, 0.2) is 11.2 Å². The molecule has 0 saturated heterocycles. The summed E-state index contributed by atoms with van der Waals surface area (Å²) in [5.41, 5.74) is 2.05. The third-order valence-electron chi connectivity index (χ3n) is 5.40. The van der Waals surface area contributed by atoms with Crippen molar-refractivity contribution in [3.63, 3.8) is 0 Å². The topological polar surface area (TPSA) is 61.9 Å². The van der Waals surface area contributed by atoms with Gasteiger partial charge in [0.05, 0.1) is 22.0 Å². The highest BCUT2D eigenvalue weighted by molar-refractivity contribution is 7.99. The Morgan fingerprint density at radius 3 is 2.84 bits per heavy atom. The number of nitrogens with zero attached hydrogens (tertiary/aromatic N) is 3. The maximum atomic E-state index is 14.1. The van der Waals surface area contributed by atoms with Crippen molar-refractivity contribution >= 4 is 39.9 Å². The van der Waals surface area contributed by atoms with Crippen LogP contribution in [0.3, 0.4) is 0 Å². The lowest BCUT2D eigenvalue weighted by molar-refractivity contribution is -0.193. The highest BCUT2D eigenvalue weighted by Gasteiger charge is 2.50. The number of aromatic nitrogens is 3. The Hall–Kier alpha value is -2.85. The summed E-state index contributed by atoms with van der Waals surface area (Å²) in [6.45, 7) is 0.00844. The number of hydrogen-bond acceptors (Lipinski definition) is 5. The van der Waals surface area contributed by atoms with Crippen LogP contribution in [0.4, 0.5) is 13.2 Å². The summed E-state index contributed by atoms with van der Waals surface area (Å²) >= 11 is 2.57. The second-order valence-electron chi connectivity index (χ2n) is 7.33. The molecule has 3 aromatic heterocycles. The first-order chi connectivity index (χ1) is 15.4. The number of rotatable bonds is 4. The monoisotopic (exact) mass is 474 g/mol. The van der Waals surface area contributed by atoms with Crippen molar-refractivity contribution in [2.24, 2.45) is 0 Å². The van der Waals surface area contributed by atoms with Crippen LogP contribution in [-0.2, 0) is 11.2 Å². The average molecular weight is 475 g/mol. The number of nitrogens with one attached hydrogen (secondary N) is 1. The molecule has 10 heteroatoms. The van der Waals surface area contributed by atoms with Gasteiger partial charge in [-0.3, -0.25) is 4.79 Å². The van der Waals surface area contributed by atoms with Crippen LogP contribution in [0.5, 0.6) is 0 Å². The Morgan fingerprint density at radius 1 is 1.22 bits per heavy atom. The molecule has 1 amide bonds. The second kappa shape index (κ2) is 8.25. The summed E-state index contributed by atoms with van der Waals surface area (Å²) in [4.78, 5) is 26.3. The number of benzene rings is 1. The molecule has 0 fully saturated rings. The minimum atomic E-state index is -4.59. The van der Waals surface area contributed by atoms with Gasteiger partial charge in [-0.1, -0.05) is 36.0 Å². The highest BCUT2D eigenvalue weighted by Crippen LogP contribution is 2.44. The van der Waals surface area contributed by atoms with Crippen LogP contribution in [0, 0.1) is 0 Å². The predicted molar refractivity (Wildman–Crippen MR) is 119 cm³/mol. The van der Waals surface area contributed by atoms with E-state index in [1.165, 1.54) is 11.3 Å². The minimum Gasteiger partial charge on any atom is -0.356 e. The van der Waals surface area contributed by atoms with E-state index >= 15 is 0 Å². The molecule has 164 valence electrons. The summed E-state index contributed by atoms with van der Waals surface area (Å²) in [5.74, 6) is -0.762. The van der Waals surface area contributed by atoms with Crippen LogP contribution >= 0.6 is 23.1 Å². The van der Waals surface area contributed by atoms with Crippen LogP contribution in [0.1, 0.15) is 17.3 Å². The zero-order chi connectivity index (χ0) is 22.3. The van der Waals surface area contributed by atoms with Gasteiger partial charge in [0.2, 0.25) is 5.91 Å². The van der Waals surface area contributed by atoms with Gasteiger partial charge in [0.25, 0.3) is 0 Å². The fourth-order valence-corrected chi connectivity index (χ4v) is 5.44. The first-order valence-corrected chi connectivity index (χ1v) is 11.7. The van der Waals surface area contributed by atoms with Crippen molar-refractivity contribution in [2.45, 2.75) is 23.8 Å². The van der Waals surface area contributed by atoms with Crippen molar-refractivity contribution in [3.05, 3.63) is 65.3 Å². The van der Waals surface area contributed by atoms with Gasteiger partial charge in [-0.15, -0.1) is 11.3 Å². The number of thioether (sulfide) groups is 1. The fraction of sp³-hybridized carbons (Fsp3) is 0.227. The lowest BCUT2D eigenvalue weighted by atomic mass is 9.97. The van der Waals surface area contributed by atoms with Crippen LogP contribution in [0.2, 0.25) is 0 Å². The fourth-order valence-electron chi connectivity index (χ4n) is 4.03. The summed E-state index contributed by atoms with van der Waals surface area (Å²) < 4.78 is 42.3. The molecule has 0 spiro atoms. The molecular formula is C22H17F3N4OS2. The van der Waals surface area contributed by atoms with E-state index in [4.69, 9.17) is 0 Å². The molecule has 1 atom stereocenters. The molecular weight excluding hydrogens is 457 g/mol. The van der Waals surface area contributed by atoms with Gasteiger partial charge in [0, 0.05) is 23.6 Å². The third kappa shape index (κ3) is 3.88. The van der Waals surface area contributed by atoms with E-state index in [1.807, 2.05) is 23.6 Å². The van der Waals surface area contributed by atoms with E-state index in [-0.39, 0.29) is 18.0 Å². The van der Waals surface area contributed by atoms with Crippen LogP contribution < -0.4 is 0 Å². The van der Waals surface area contributed by atoms with Gasteiger partial charge >= 0.3 is 6.18 Å². The van der Waals surface area contributed by atoms with Gasteiger partial charge in [-0.2, -0.15) is 13.2 Å². The number of para-hydroxylation sites is 1. The predicted octanol–water partition coefficient (Wildman–Crippen LogP) is 5.47. The smallest absolute Gasteiger partial charge is 0.356 e. The SMILES string of the molecule is O=C(CSc1nccc(-c2cccs2)n1)N1CCc2c([nH]c3ccccc23)[C@@H]1C(F)(F)F. The van der Waals surface area contributed by atoms with Crippen LogP contribution in [0.15, 0.2) is 59.2 Å². The molecule has 5 nitrogen and oxygen atoms in total. The molecule has 4 aromatic rings. The molecule has 4 heterocycles. The van der Waals surface area contributed by atoms with E-state index in [2.05, 4.69) is 15.0 Å². The van der Waals surface area contributed by atoms with E-state index < -0.39 is 18.1 Å². The standard InChI is InChI=1S/C22H17F3N4OS2/c23-22(24,25)20-19-14(13-4-1-2-5-15(13)27-19)8-10-29(20)18(30)12-32-21-26-9-7-16(28-21)17-6-3-11-31-17/h1-7,9,11,20,27H,8,10,12H2/t20-/m1/s1. The molecule has 0 saturated carbocycles. The largest absolute Gasteiger partial charge is 0.414 e. The zero-order valence-corrected chi connectivity index (χ0v) is 18.2. The summed E-state index contributed by atoms with van der Waals surface area (Å²) in [5, 5.41) is 3.06. The third-order valence-corrected chi connectivity index (χ3v) is 7.14.